The maximum atomic E-state index is 12.3. The smallest absolute Gasteiger partial charge is 0.406 e. The van der Waals surface area contributed by atoms with Crippen LogP contribution in [0, 0.1) is 23.2 Å². The number of alkyl halides is 3. The van der Waals surface area contributed by atoms with Crippen LogP contribution in [0.25, 0.3) is 0 Å². The van der Waals surface area contributed by atoms with Crippen LogP contribution in [0.15, 0.2) is 48.6 Å². The van der Waals surface area contributed by atoms with Gasteiger partial charge >= 0.3 is 6.36 Å². The molecule has 0 amide bonds. The number of ether oxygens (including phenoxy) is 2. The van der Waals surface area contributed by atoms with Crippen LogP contribution in [0.3, 0.4) is 0 Å². The van der Waals surface area contributed by atoms with Crippen molar-refractivity contribution in [1.82, 2.24) is 0 Å². The Labute approximate surface area is 182 Å². The van der Waals surface area contributed by atoms with Crippen LogP contribution in [0.2, 0.25) is 0 Å². The zero-order valence-electron chi connectivity index (χ0n) is 17.7. The average Bonchev–Trinajstić information content (AvgIpc) is 2.76. The summed E-state index contributed by atoms with van der Waals surface area (Å²) in [6.45, 7) is 0.807. The van der Waals surface area contributed by atoms with Gasteiger partial charge in [-0.05, 0) is 86.8 Å². The third kappa shape index (κ3) is 8.06. The number of rotatable bonds is 7. The fourth-order valence-electron chi connectivity index (χ4n) is 4.64. The molecule has 0 heterocycles. The van der Waals surface area contributed by atoms with Gasteiger partial charge in [0, 0.05) is 12.7 Å². The molecule has 0 N–H and O–H groups in total. The Balaban J connectivity index is 1.34. The summed E-state index contributed by atoms with van der Waals surface area (Å²) in [4.78, 5) is 0. The monoisotopic (exact) mass is 433 g/mol. The predicted molar refractivity (Wildman–Crippen MR) is 113 cm³/mol. The second-order valence-electron chi connectivity index (χ2n) is 8.58. The summed E-state index contributed by atoms with van der Waals surface area (Å²) >= 11 is 0. The summed E-state index contributed by atoms with van der Waals surface area (Å²) in [5, 5.41) is 8.49. The number of hydrogen-bond donors (Lipinski definition) is 0. The van der Waals surface area contributed by atoms with Crippen molar-refractivity contribution in [3.05, 3.63) is 54.1 Å². The maximum Gasteiger partial charge on any atom is 0.573 e. The van der Waals surface area contributed by atoms with Gasteiger partial charge in [0.15, 0.2) is 0 Å². The van der Waals surface area contributed by atoms with Crippen LogP contribution in [0.1, 0.15) is 62.8 Å². The highest BCUT2D eigenvalue weighted by Crippen LogP contribution is 2.37. The number of halogens is 3. The standard InChI is InChI=1S/C25H30F3NO2/c26-25(27,28)31-24-15-11-22(12-16-24)21-9-5-20(6-10-21)18-30-23-13-7-19(8-14-23)4-2-1-3-17-29/h1-4,11-12,15-16,19-21,23H,5-10,13-14,18H2. The Hall–Kier alpha value is -2.26. The molecule has 0 saturated heterocycles. The van der Waals surface area contributed by atoms with E-state index in [1.165, 1.54) is 18.2 Å². The fraction of sp³-hybridized carbons (Fsp3) is 0.560. The van der Waals surface area contributed by atoms with Crippen LogP contribution in [0.4, 0.5) is 13.2 Å². The van der Waals surface area contributed by atoms with Gasteiger partial charge in [0.05, 0.1) is 12.2 Å². The van der Waals surface area contributed by atoms with Crippen LogP contribution < -0.4 is 4.74 Å². The number of allylic oxidation sites excluding steroid dienone is 4. The molecule has 1 aromatic rings. The number of benzene rings is 1. The molecule has 3 rings (SSSR count). The van der Waals surface area contributed by atoms with Crippen LogP contribution >= 0.6 is 0 Å². The Bertz CT molecular complexity index is 763. The van der Waals surface area contributed by atoms with Crippen molar-refractivity contribution in [2.75, 3.05) is 6.61 Å². The van der Waals surface area contributed by atoms with Gasteiger partial charge in [-0.25, -0.2) is 0 Å². The lowest BCUT2D eigenvalue weighted by molar-refractivity contribution is -0.274. The lowest BCUT2D eigenvalue weighted by Crippen LogP contribution is -2.25. The molecule has 1 aromatic carbocycles. The summed E-state index contributed by atoms with van der Waals surface area (Å²) in [6, 6.07) is 8.31. The van der Waals surface area contributed by atoms with Crippen LogP contribution in [0.5, 0.6) is 5.75 Å². The topological polar surface area (TPSA) is 42.2 Å². The molecule has 0 radical (unpaired) electrons. The van der Waals surface area contributed by atoms with E-state index in [0.29, 0.717) is 23.9 Å². The van der Waals surface area contributed by atoms with Crippen molar-refractivity contribution >= 4 is 0 Å². The van der Waals surface area contributed by atoms with Crippen LogP contribution in [-0.4, -0.2) is 19.1 Å². The first-order valence-corrected chi connectivity index (χ1v) is 11.1. The Morgan fingerprint density at radius 2 is 1.61 bits per heavy atom. The molecule has 0 aromatic heterocycles. The lowest BCUT2D eigenvalue weighted by atomic mass is 9.79. The Kier molecular flexibility index (Phi) is 8.60. The molecule has 0 unspecified atom stereocenters. The number of hydrogen-bond acceptors (Lipinski definition) is 3. The van der Waals surface area contributed by atoms with E-state index in [-0.39, 0.29) is 5.75 Å². The maximum absolute atomic E-state index is 12.3. The lowest BCUT2D eigenvalue weighted by Gasteiger charge is -2.32. The van der Waals surface area contributed by atoms with E-state index >= 15 is 0 Å². The van der Waals surface area contributed by atoms with Crippen molar-refractivity contribution in [2.45, 2.75) is 69.8 Å². The van der Waals surface area contributed by atoms with E-state index < -0.39 is 6.36 Å². The van der Waals surface area contributed by atoms with Gasteiger partial charge in [0.25, 0.3) is 0 Å². The molecule has 168 valence electrons. The molecule has 2 saturated carbocycles. The average molecular weight is 434 g/mol. The van der Waals surface area contributed by atoms with Crippen molar-refractivity contribution in [3.63, 3.8) is 0 Å². The van der Waals surface area contributed by atoms with Crippen molar-refractivity contribution in [2.24, 2.45) is 11.8 Å². The van der Waals surface area contributed by atoms with E-state index in [0.717, 1.165) is 63.5 Å². The zero-order valence-corrected chi connectivity index (χ0v) is 17.7. The second kappa shape index (κ2) is 11.4. The minimum atomic E-state index is -4.65. The number of nitrogens with zero attached hydrogens (tertiary/aromatic N) is 1. The third-order valence-corrected chi connectivity index (χ3v) is 6.38. The molecule has 2 aliphatic rings. The van der Waals surface area contributed by atoms with Gasteiger partial charge in [-0.15, -0.1) is 13.2 Å². The minimum Gasteiger partial charge on any atom is -0.406 e. The predicted octanol–water partition coefficient (Wildman–Crippen LogP) is 7.07. The summed E-state index contributed by atoms with van der Waals surface area (Å²) in [6.07, 6.45) is 11.8. The van der Waals surface area contributed by atoms with Gasteiger partial charge in [-0.2, -0.15) is 5.26 Å². The molecule has 6 heteroatoms. The molecule has 0 bridgehead atoms. The van der Waals surface area contributed by atoms with Gasteiger partial charge in [-0.1, -0.05) is 30.4 Å². The Morgan fingerprint density at radius 3 is 2.23 bits per heavy atom. The second-order valence-corrected chi connectivity index (χ2v) is 8.58. The molecule has 2 fully saturated rings. The minimum absolute atomic E-state index is 0.165. The highest BCUT2D eigenvalue weighted by atomic mass is 19.4. The first-order chi connectivity index (χ1) is 14.9. The first kappa shape index (κ1) is 23.4. The van der Waals surface area contributed by atoms with Crippen molar-refractivity contribution < 1.29 is 22.6 Å². The normalized spacial score (nSPS) is 27.4. The van der Waals surface area contributed by atoms with E-state index in [4.69, 9.17) is 10.00 Å². The van der Waals surface area contributed by atoms with E-state index in [1.54, 1.807) is 18.2 Å². The molecular weight excluding hydrogens is 403 g/mol. The Morgan fingerprint density at radius 1 is 0.935 bits per heavy atom. The molecule has 0 atom stereocenters. The van der Waals surface area contributed by atoms with Gasteiger partial charge < -0.3 is 9.47 Å². The highest BCUT2D eigenvalue weighted by Gasteiger charge is 2.31. The largest absolute Gasteiger partial charge is 0.573 e. The van der Waals surface area contributed by atoms with E-state index in [9.17, 15) is 13.2 Å². The zero-order chi connectivity index (χ0) is 22.1. The highest BCUT2D eigenvalue weighted by molar-refractivity contribution is 5.29. The molecule has 2 aliphatic carbocycles. The fourth-order valence-corrected chi connectivity index (χ4v) is 4.64. The van der Waals surface area contributed by atoms with Crippen molar-refractivity contribution in [3.8, 4) is 11.8 Å². The van der Waals surface area contributed by atoms with Gasteiger partial charge in [0.2, 0.25) is 0 Å². The SMILES string of the molecule is N#CC=CC=CC1CCC(OCC2CCC(c3ccc(OC(F)(F)F)cc3)CC2)CC1. The summed E-state index contributed by atoms with van der Waals surface area (Å²) in [7, 11) is 0. The molecule has 3 nitrogen and oxygen atoms in total. The summed E-state index contributed by atoms with van der Waals surface area (Å²) in [5.41, 5.74) is 1.09. The molecule has 31 heavy (non-hydrogen) atoms. The van der Waals surface area contributed by atoms with E-state index in [2.05, 4.69) is 10.8 Å². The van der Waals surface area contributed by atoms with Crippen molar-refractivity contribution in [1.29, 1.82) is 5.26 Å². The van der Waals surface area contributed by atoms with Gasteiger partial charge in [0.1, 0.15) is 5.75 Å². The van der Waals surface area contributed by atoms with Crippen LogP contribution in [-0.2, 0) is 4.74 Å². The van der Waals surface area contributed by atoms with Gasteiger partial charge in [-0.3, -0.25) is 0 Å². The molecule has 0 aliphatic heterocycles. The quantitative estimate of drug-likeness (QED) is 0.341. The molecule has 0 spiro atoms. The summed E-state index contributed by atoms with van der Waals surface area (Å²) in [5.74, 6) is 1.38. The molecular formula is C25H30F3NO2. The third-order valence-electron chi connectivity index (χ3n) is 6.38. The van der Waals surface area contributed by atoms with E-state index in [1.807, 2.05) is 12.1 Å². The first-order valence-electron chi connectivity index (χ1n) is 11.1. The summed E-state index contributed by atoms with van der Waals surface area (Å²) < 4.78 is 47.0. The number of nitriles is 1.